The van der Waals surface area contributed by atoms with E-state index in [0.717, 1.165) is 30.5 Å². The average Bonchev–Trinajstić information content (AvgIpc) is 3.02. The summed E-state index contributed by atoms with van der Waals surface area (Å²) in [6.07, 6.45) is 2.37. The molecule has 2 unspecified atom stereocenters. The largest absolute Gasteiger partial charge is 0.465 e. The first-order chi connectivity index (χ1) is 21.2. The second-order valence-corrected chi connectivity index (χ2v) is 11.7. The van der Waals surface area contributed by atoms with Crippen LogP contribution in [0.3, 0.4) is 0 Å². The van der Waals surface area contributed by atoms with Crippen LogP contribution in [0.2, 0.25) is 0 Å². The van der Waals surface area contributed by atoms with Crippen LogP contribution in [0.1, 0.15) is 65.6 Å². The molecule has 236 valence electrons. The van der Waals surface area contributed by atoms with Gasteiger partial charge in [-0.15, -0.1) is 0 Å². The third kappa shape index (κ3) is 8.43. The summed E-state index contributed by atoms with van der Waals surface area (Å²) in [6, 6.07) is 19.7. The first-order valence-corrected chi connectivity index (χ1v) is 15.5. The first-order valence-electron chi connectivity index (χ1n) is 15.5. The van der Waals surface area contributed by atoms with E-state index in [4.69, 9.17) is 10.2 Å². The summed E-state index contributed by atoms with van der Waals surface area (Å²) >= 11 is 0. The van der Waals surface area contributed by atoms with Crippen molar-refractivity contribution in [1.29, 1.82) is 0 Å². The Labute approximate surface area is 258 Å². The van der Waals surface area contributed by atoms with Gasteiger partial charge in [-0.3, -0.25) is 4.79 Å². The van der Waals surface area contributed by atoms with Crippen molar-refractivity contribution < 1.29 is 29.3 Å². The predicted molar refractivity (Wildman–Crippen MR) is 169 cm³/mol. The van der Waals surface area contributed by atoms with Gasteiger partial charge in [0.2, 0.25) is 0 Å². The SMILES string of the molecule is Cc1cccc(-c2c(F)cccc2C(O)(CCCNC(=O)O)C2CCCN(C(=O)c3ccc(CNCCCCO)cc3)C2)c1. The number of likely N-dealkylation sites (tertiary alicyclic amines) is 1. The van der Waals surface area contributed by atoms with E-state index in [1.165, 1.54) is 6.07 Å². The number of aryl methyl sites for hydroxylation is 1. The average molecular weight is 606 g/mol. The highest BCUT2D eigenvalue weighted by Crippen LogP contribution is 2.44. The van der Waals surface area contributed by atoms with E-state index < -0.39 is 23.4 Å². The maximum absolute atomic E-state index is 15.6. The standard InChI is InChI=1S/C35H44FN3O5/c1-25-8-4-9-28(22-25)32-30(11-5-12-31(32)36)35(44,17-7-19-38-34(42)43)29-10-6-20-39(24-29)33(41)27-15-13-26(14-16-27)23-37-18-2-3-21-40/h4-5,8-9,11-16,22,29,37-38,40,44H,2-3,6-7,10,17-21,23-24H2,1H3,(H,42,43). The van der Waals surface area contributed by atoms with Crippen molar-refractivity contribution in [3.63, 3.8) is 0 Å². The maximum Gasteiger partial charge on any atom is 0.404 e. The molecule has 3 aromatic rings. The molecule has 0 saturated carbocycles. The third-order valence-corrected chi connectivity index (χ3v) is 8.47. The number of halogens is 1. The summed E-state index contributed by atoms with van der Waals surface area (Å²) in [5.74, 6) is -0.954. The molecule has 2 atom stereocenters. The quantitative estimate of drug-likeness (QED) is 0.156. The minimum absolute atomic E-state index is 0.120. The number of aliphatic hydroxyl groups excluding tert-OH is 1. The second kappa shape index (κ2) is 15.8. The van der Waals surface area contributed by atoms with Gasteiger partial charge in [0.05, 0.1) is 5.60 Å². The summed E-state index contributed by atoms with van der Waals surface area (Å²) in [5, 5.41) is 36.3. The van der Waals surface area contributed by atoms with Crippen molar-refractivity contribution in [3.05, 3.63) is 94.8 Å². The van der Waals surface area contributed by atoms with Gasteiger partial charge in [0, 0.05) is 49.8 Å². The molecule has 1 aliphatic rings. The van der Waals surface area contributed by atoms with E-state index >= 15 is 4.39 Å². The molecule has 0 aliphatic carbocycles. The number of aliphatic hydroxyl groups is 2. The van der Waals surface area contributed by atoms with Crippen LogP contribution in [-0.4, -0.2) is 65.0 Å². The van der Waals surface area contributed by atoms with Crippen molar-refractivity contribution in [2.45, 2.75) is 57.6 Å². The van der Waals surface area contributed by atoms with Crippen molar-refractivity contribution in [1.82, 2.24) is 15.5 Å². The van der Waals surface area contributed by atoms with Gasteiger partial charge in [-0.2, -0.15) is 0 Å². The predicted octanol–water partition coefficient (Wildman–Crippen LogP) is 5.45. The number of amides is 2. The fourth-order valence-electron chi connectivity index (χ4n) is 6.18. The van der Waals surface area contributed by atoms with Crippen LogP contribution in [0.4, 0.5) is 9.18 Å². The number of hydrogen-bond acceptors (Lipinski definition) is 5. The van der Waals surface area contributed by atoms with Crippen LogP contribution in [0.25, 0.3) is 11.1 Å². The van der Waals surface area contributed by atoms with Gasteiger partial charge in [-0.05, 0) is 86.9 Å². The molecular formula is C35H44FN3O5. The number of benzene rings is 3. The van der Waals surface area contributed by atoms with E-state index in [1.807, 2.05) is 55.5 Å². The zero-order valence-corrected chi connectivity index (χ0v) is 25.4. The van der Waals surface area contributed by atoms with Crippen LogP contribution in [0, 0.1) is 18.7 Å². The van der Waals surface area contributed by atoms with Crippen molar-refractivity contribution in [2.75, 3.05) is 32.8 Å². The van der Waals surface area contributed by atoms with Crippen LogP contribution >= 0.6 is 0 Å². The fraction of sp³-hybridized carbons (Fsp3) is 0.429. The van der Waals surface area contributed by atoms with Gasteiger partial charge in [0.1, 0.15) is 5.82 Å². The van der Waals surface area contributed by atoms with E-state index in [0.29, 0.717) is 61.2 Å². The number of nitrogens with one attached hydrogen (secondary N) is 2. The lowest BCUT2D eigenvalue weighted by atomic mass is 9.72. The summed E-state index contributed by atoms with van der Waals surface area (Å²) in [6.45, 7) is 4.58. The van der Waals surface area contributed by atoms with E-state index in [2.05, 4.69) is 10.6 Å². The second-order valence-electron chi connectivity index (χ2n) is 11.7. The van der Waals surface area contributed by atoms with Gasteiger partial charge < -0.3 is 30.9 Å². The van der Waals surface area contributed by atoms with Crippen molar-refractivity contribution >= 4 is 12.0 Å². The number of carbonyl (C=O) groups excluding carboxylic acids is 1. The van der Waals surface area contributed by atoms with Crippen LogP contribution in [0.15, 0.2) is 66.7 Å². The Balaban J connectivity index is 1.58. The molecule has 8 nitrogen and oxygen atoms in total. The summed E-state index contributed by atoms with van der Waals surface area (Å²) in [5.41, 5.74) is 2.51. The number of rotatable bonds is 14. The Morgan fingerprint density at radius 3 is 2.52 bits per heavy atom. The van der Waals surface area contributed by atoms with E-state index in [9.17, 15) is 14.7 Å². The van der Waals surface area contributed by atoms with E-state index in [1.54, 1.807) is 17.0 Å². The molecule has 5 N–H and O–H groups in total. The third-order valence-electron chi connectivity index (χ3n) is 8.47. The Bertz CT molecular complexity index is 1400. The van der Waals surface area contributed by atoms with E-state index in [-0.39, 0.29) is 25.5 Å². The summed E-state index contributed by atoms with van der Waals surface area (Å²) < 4.78 is 15.6. The molecule has 1 saturated heterocycles. The molecule has 1 heterocycles. The highest BCUT2D eigenvalue weighted by molar-refractivity contribution is 5.94. The maximum atomic E-state index is 15.6. The van der Waals surface area contributed by atoms with Crippen LogP contribution in [0.5, 0.6) is 0 Å². The zero-order chi connectivity index (χ0) is 31.5. The lowest BCUT2D eigenvalue weighted by Gasteiger charge is -2.43. The Morgan fingerprint density at radius 1 is 1.02 bits per heavy atom. The number of hydrogen-bond donors (Lipinski definition) is 5. The lowest BCUT2D eigenvalue weighted by molar-refractivity contribution is -0.0564. The molecule has 0 bridgehead atoms. The smallest absolute Gasteiger partial charge is 0.404 e. The topological polar surface area (TPSA) is 122 Å². The molecule has 0 spiro atoms. The van der Waals surface area contributed by atoms with Gasteiger partial charge in [0.25, 0.3) is 5.91 Å². The molecule has 9 heteroatoms. The Kier molecular flexibility index (Phi) is 11.9. The van der Waals surface area contributed by atoms with Crippen LogP contribution in [-0.2, 0) is 12.1 Å². The normalized spacial score (nSPS) is 16.4. The number of piperidine rings is 1. The number of nitrogens with zero attached hydrogens (tertiary/aromatic N) is 1. The Hall–Kier alpha value is -3.79. The number of carbonyl (C=O) groups is 2. The molecule has 4 rings (SSSR count). The molecular weight excluding hydrogens is 561 g/mol. The van der Waals surface area contributed by atoms with Gasteiger partial charge in [-0.25, -0.2) is 9.18 Å². The minimum Gasteiger partial charge on any atom is -0.465 e. The minimum atomic E-state index is -1.51. The highest BCUT2D eigenvalue weighted by atomic mass is 19.1. The molecule has 44 heavy (non-hydrogen) atoms. The monoisotopic (exact) mass is 605 g/mol. The summed E-state index contributed by atoms with van der Waals surface area (Å²) in [4.78, 5) is 26.5. The molecule has 0 radical (unpaired) electrons. The van der Waals surface area contributed by atoms with Gasteiger partial charge in [0.15, 0.2) is 0 Å². The summed E-state index contributed by atoms with van der Waals surface area (Å²) in [7, 11) is 0. The van der Waals surface area contributed by atoms with Crippen LogP contribution < -0.4 is 10.6 Å². The molecule has 2 amide bonds. The molecule has 1 fully saturated rings. The van der Waals surface area contributed by atoms with Crippen molar-refractivity contribution in [3.8, 4) is 11.1 Å². The number of carboxylic acid groups (broad SMARTS) is 1. The van der Waals surface area contributed by atoms with Crippen molar-refractivity contribution in [2.24, 2.45) is 5.92 Å². The van der Waals surface area contributed by atoms with Gasteiger partial charge in [-0.1, -0.05) is 54.1 Å². The molecule has 3 aromatic carbocycles. The first kappa shape index (κ1) is 33.1. The molecule has 1 aliphatic heterocycles. The fourth-order valence-corrected chi connectivity index (χ4v) is 6.18. The number of unbranched alkanes of at least 4 members (excludes halogenated alkanes) is 1. The highest BCUT2D eigenvalue weighted by Gasteiger charge is 2.43. The Morgan fingerprint density at radius 2 is 1.80 bits per heavy atom. The lowest BCUT2D eigenvalue weighted by Crippen LogP contribution is -2.48. The molecule has 0 aromatic heterocycles. The zero-order valence-electron chi connectivity index (χ0n) is 25.4. The van der Waals surface area contributed by atoms with Gasteiger partial charge >= 0.3 is 6.09 Å².